The minimum absolute atomic E-state index is 0.0825. The largest absolute Gasteiger partial charge is 0.459 e. The highest BCUT2D eigenvalue weighted by Gasteiger charge is 2.13. The zero-order valence-electron chi connectivity index (χ0n) is 11.5. The van der Waals surface area contributed by atoms with Crippen LogP contribution in [0.1, 0.15) is 18.9 Å². The molecule has 0 fully saturated rings. The van der Waals surface area contributed by atoms with Gasteiger partial charge in [-0.2, -0.15) is 0 Å². The minimum atomic E-state index is -0.478. The van der Waals surface area contributed by atoms with Gasteiger partial charge in [0.15, 0.2) is 9.76 Å². The summed E-state index contributed by atoms with van der Waals surface area (Å²) in [5.74, 6) is -0.348. The van der Waals surface area contributed by atoms with Gasteiger partial charge < -0.3 is 9.16 Å². The van der Waals surface area contributed by atoms with Crippen LogP contribution in [-0.4, -0.2) is 28.4 Å². The predicted molar refractivity (Wildman–Crippen MR) is 79.8 cm³/mol. The van der Waals surface area contributed by atoms with Gasteiger partial charge >= 0.3 is 5.97 Å². The Bertz CT molecular complexity index is 378. The van der Waals surface area contributed by atoms with Crippen molar-refractivity contribution in [1.29, 1.82) is 0 Å². The topological polar surface area (TPSA) is 35.5 Å². The molecule has 1 rings (SSSR count). The van der Waals surface area contributed by atoms with E-state index in [4.69, 9.17) is 9.16 Å². The van der Waals surface area contributed by atoms with Gasteiger partial charge in [-0.25, -0.2) is 4.79 Å². The second kappa shape index (κ2) is 9.53. The van der Waals surface area contributed by atoms with Gasteiger partial charge in [0.2, 0.25) is 0 Å². The first-order valence-electron chi connectivity index (χ1n) is 6.71. The average molecular weight is 278 g/mol. The summed E-state index contributed by atoms with van der Waals surface area (Å²) in [7, 11) is -0.478. The Balaban J connectivity index is 2.48. The van der Waals surface area contributed by atoms with Crippen LogP contribution in [0.5, 0.6) is 0 Å². The van der Waals surface area contributed by atoms with Crippen LogP contribution in [0.4, 0.5) is 0 Å². The summed E-state index contributed by atoms with van der Waals surface area (Å²) in [6.45, 7) is 6.23. The van der Waals surface area contributed by atoms with Crippen molar-refractivity contribution in [3.63, 3.8) is 0 Å². The fourth-order valence-electron chi connectivity index (χ4n) is 1.85. The van der Waals surface area contributed by atoms with Crippen molar-refractivity contribution in [2.75, 3.05) is 6.61 Å². The summed E-state index contributed by atoms with van der Waals surface area (Å²) in [5.41, 5.74) is 1.18. The Morgan fingerprint density at radius 1 is 1.42 bits per heavy atom. The molecule has 3 nitrogen and oxygen atoms in total. The van der Waals surface area contributed by atoms with Crippen LogP contribution in [0.25, 0.3) is 0 Å². The summed E-state index contributed by atoms with van der Waals surface area (Å²) in [6, 6.07) is 11.1. The van der Waals surface area contributed by atoms with E-state index < -0.39 is 9.76 Å². The predicted octanol–water partition coefficient (Wildman–Crippen LogP) is 2.26. The Hall–Kier alpha value is -1.39. The van der Waals surface area contributed by atoms with E-state index in [1.807, 2.05) is 25.1 Å². The first-order valence-corrected chi connectivity index (χ1v) is 8.28. The number of esters is 1. The number of benzene rings is 1. The SMILES string of the molecule is C=CC(=O)OC(CC[SiH2]OCC)Cc1ccccc1. The first-order chi connectivity index (χ1) is 9.26. The van der Waals surface area contributed by atoms with Crippen LogP contribution < -0.4 is 0 Å². The third kappa shape index (κ3) is 6.93. The maximum Gasteiger partial charge on any atom is 0.330 e. The molecule has 4 heteroatoms. The van der Waals surface area contributed by atoms with Crippen LogP contribution in [-0.2, 0) is 20.4 Å². The third-order valence-electron chi connectivity index (χ3n) is 2.77. The number of hydrogen-bond donors (Lipinski definition) is 0. The second-order valence-electron chi connectivity index (χ2n) is 4.29. The van der Waals surface area contributed by atoms with Gasteiger partial charge in [-0.05, 0) is 25.0 Å². The van der Waals surface area contributed by atoms with E-state index in [0.29, 0.717) is 0 Å². The zero-order valence-corrected chi connectivity index (χ0v) is 12.9. The zero-order chi connectivity index (χ0) is 13.9. The highest BCUT2D eigenvalue weighted by molar-refractivity contribution is 6.26. The van der Waals surface area contributed by atoms with E-state index in [2.05, 4.69) is 18.7 Å². The normalized spacial score (nSPS) is 12.5. The molecule has 1 aromatic carbocycles. The molecule has 0 aliphatic rings. The van der Waals surface area contributed by atoms with E-state index in [0.717, 1.165) is 25.5 Å². The lowest BCUT2D eigenvalue weighted by Gasteiger charge is -2.17. The fraction of sp³-hybridized carbons (Fsp3) is 0.400. The number of rotatable bonds is 9. The van der Waals surface area contributed by atoms with E-state index in [1.54, 1.807) is 0 Å². The third-order valence-corrected chi connectivity index (χ3v) is 4.17. The molecule has 19 heavy (non-hydrogen) atoms. The van der Waals surface area contributed by atoms with Crippen molar-refractivity contribution in [3.05, 3.63) is 48.6 Å². The number of carbonyl (C=O) groups excluding carboxylic acids is 1. The van der Waals surface area contributed by atoms with Gasteiger partial charge in [0.1, 0.15) is 6.10 Å². The molecule has 0 saturated carbocycles. The molecular formula is C15H22O3Si. The Morgan fingerprint density at radius 2 is 2.16 bits per heavy atom. The maximum atomic E-state index is 11.3. The van der Waals surface area contributed by atoms with Gasteiger partial charge in [-0.3, -0.25) is 0 Å². The highest BCUT2D eigenvalue weighted by atomic mass is 28.2. The average Bonchev–Trinajstić information content (AvgIpc) is 2.44. The van der Waals surface area contributed by atoms with Gasteiger partial charge in [0.25, 0.3) is 0 Å². The summed E-state index contributed by atoms with van der Waals surface area (Å²) >= 11 is 0. The lowest BCUT2D eigenvalue weighted by atomic mass is 10.1. The first kappa shape index (κ1) is 15.7. The van der Waals surface area contributed by atoms with Crippen molar-refractivity contribution < 1.29 is 14.0 Å². The second-order valence-corrected chi connectivity index (χ2v) is 5.82. The number of hydrogen-bond acceptors (Lipinski definition) is 3. The van der Waals surface area contributed by atoms with Crippen molar-refractivity contribution in [2.24, 2.45) is 0 Å². The number of carbonyl (C=O) groups is 1. The molecule has 0 aromatic heterocycles. The molecule has 0 amide bonds. The van der Waals surface area contributed by atoms with E-state index in [-0.39, 0.29) is 12.1 Å². The van der Waals surface area contributed by atoms with Gasteiger partial charge in [0, 0.05) is 19.1 Å². The molecule has 0 spiro atoms. The summed E-state index contributed by atoms with van der Waals surface area (Å²) in [5, 5.41) is 0. The molecule has 1 atom stereocenters. The Kier molecular flexibility index (Phi) is 7.85. The van der Waals surface area contributed by atoms with Gasteiger partial charge in [-0.1, -0.05) is 36.9 Å². The van der Waals surface area contributed by atoms with Crippen LogP contribution in [0.2, 0.25) is 6.04 Å². The fourth-order valence-corrected chi connectivity index (χ4v) is 2.96. The monoisotopic (exact) mass is 278 g/mol. The molecule has 0 bridgehead atoms. The lowest BCUT2D eigenvalue weighted by Crippen LogP contribution is -2.20. The molecule has 0 aliphatic heterocycles. The lowest BCUT2D eigenvalue weighted by molar-refractivity contribution is -0.143. The van der Waals surface area contributed by atoms with E-state index in [9.17, 15) is 4.79 Å². The maximum absolute atomic E-state index is 11.3. The van der Waals surface area contributed by atoms with Crippen molar-refractivity contribution in [2.45, 2.75) is 31.9 Å². The number of ether oxygens (including phenoxy) is 1. The van der Waals surface area contributed by atoms with Gasteiger partial charge in [0.05, 0.1) is 0 Å². The van der Waals surface area contributed by atoms with Crippen molar-refractivity contribution in [1.82, 2.24) is 0 Å². The molecule has 0 N–H and O–H groups in total. The standard InChI is InChI=1S/C15H22O3Si/c1-3-15(16)18-14(10-11-19-17-4-2)12-13-8-6-5-7-9-13/h3,5-9,14H,1,4,10-12,19H2,2H3. The molecule has 1 aromatic rings. The van der Waals surface area contributed by atoms with Crippen LogP contribution in [0.3, 0.4) is 0 Å². The Labute approximate surface area is 117 Å². The molecule has 0 saturated heterocycles. The van der Waals surface area contributed by atoms with Crippen LogP contribution >= 0.6 is 0 Å². The summed E-state index contributed by atoms with van der Waals surface area (Å²) < 4.78 is 10.8. The summed E-state index contributed by atoms with van der Waals surface area (Å²) in [6.07, 6.45) is 2.75. The molecule has 104 valence electrons. The molecule has 0 radical (unpaired) electrons. The molecular weight excluding hydrogens is 256 g/mol. The smallest absolute Gasteiger partial charge is 0.330 e. The van der Waals surface area contributed by atoms with Crippen molar-refractivity contribution >= 4 is 15.7 Å². The summed E-state index contributed by atoms with van der Waals surface area (Å²) in [4.78, 5) is 11.3. The van der Waals surface area contributed by atoms with E-state index >= 15 is 0 Å². The van der Waals surface area contributed by atoms with Crippen LogP contribution in [0, 0.1) is 0 Å². The molecule has 0 aliphatic carbocycles. The van der Waals surface area contributed by atoms with Crippen molar-refractivity contribution in [3.8, 4) is 0 Å². The van der Waals surface area contributed by atoms with Crippen LogP contribution in [0.15, 0.2) is 43.0 Å². The van der Waals surface area contributed by atoms with Gasteiger partial charge in [-0.15, -0.1) is 0 Å². The minimum Gasteiger partial charge on any atom is -0.459 e. The highest BCUT2D eigenvalue weighted by Crippen LogP contribution is 2.12. The van der Waals surface area contributed by atoms with E-state index in [1.165, 1.54) is 11.6 Å². The molecule has 0 heterocycles. The quantitative estimate of drug-likeness (QED) is 0.301. The molecule has 1 unspecified atom stereocenters. The Morgan fingerprint density at radius 3 is 2.79 bits per heavy atom.